The van der Waals surface area contributed by atoms with Crippen molar-refractivity contribution in [1.29, 1.82) is 0 Å². The van der Waals surface area contributed by atoms with Gasteiger partial charge >= 0.3 is 0 Å². The average molecular weight is 213 g/mol. The maximum absolute atomic E-state index is 3.84. The van der Waals surface area contributed by atoms with E-state index in [1.165, 1.54) is 31.4 Å². The van der Waals surface area contributed by atoms with Gasteiger partial charge in [0.2, 0.25) is 0 Å². The van der Waals surface area contributed by atoms with E-state index in [0.29, 0.717) is 5.41 Å². The fourth-order valence-electron chi connectivity index (χ4n) is 2.84. The van der Waals surface area contributed by atoms with Crippen LogP contribution in [0.15, 0.2) is 0 Å². The van der Waals surface area contributed by atoms with Gasteiger partial charge in [-0.2, -0.15) is 11.8 Å². The maximum Gasteiger partial charge on any atom is 0.0186 e. The molecular formula is C12H23NS. The Hall–Kier alpha value is 0.310. The molecule has 1 heterocycles. The molecule has 2 fully saturated rings. The largest absolute Gasteiger partial charge is 0.310 e. The lowest BCUT2D eigenvalue weighted by atomic mass is 9.68. The number of rotatable bonds is 2. The van der Waals surface area contributed by atoms with Crippen LogP contribution < -0.4 is 5.32 Å². The highest BCUT2D eigenvalue weighted by atomic mass is 32.2. The summed E-state index contributed by atoms with van der Waals surface area (Å²) in [5, 5.41) is 4.67. The monoisotopic (exact) mass is 213 g/mol. The van der Waals surface area contributed by atoms with Gasteiger partial charge in [0.1, 0.15) is 0 Å². The minimum absolute atomic E-state index is 0.614. The summed E-state index contributed by atoms with van der Waals surface area (Å²) >= 11 is 2.14. The van der Waals surface area contributed by atoms with E-state index in [9.17, 15) is 0 Å². The molecule has 2 rings (SSSR count). The van der Waals surface area contributed by atoms with E-state index in [1.807, 2.05) is 0 Å². The van der Waals surface area contributed by atoms with Crippen LogP contribution in [-0.2, 0) is 0 Å². The first-order valence-electron chi connectivity index (χ1n) is 5.94. The highest BCUT2D eigenvalue weighted by Gasteiger charge is 2.37. The molecule has 1 nitrogen and oxygen atoms in total. The lowest BCUT2D eigenvalue weighted by molar-refractivity contribution is 0.114. The van der Waals surface area contributed by atoms with E-state index in [1.54, 1.807) is 0 Å². The first-order valence-corrected chi connectivity index (χ1v) is 6.99. The molecule has 1 aliphatic carbocycles. The van der Waals surface area contributed by atoms with Crippen molar-refractivity contribution in [3.63, 3.8) is 0 Å². The molecule has 82 valence electrons. The molecule has 0 aromatic carbocycles. The third-order valence-corrected chi connectivity index (χ3v) is 5.03. The second-order valence-corrected chi connectivity index (χ2v) is 7.25. The van der Waals surface area contributed by atoms with E-state index >= 15 is 0 Å². The SMILES string of the molecule is CC1SCCCC1NC1CC(C)(C)C1. The van der Waals surface area contributed by atoms with E-state index in [0.717, 1.165) is 17.3 Å². The van der Waals surface area contributed by atoms with E-state index in [2.05, 4.69) is 37.8 Å². The van der Waals surface area contributed by atoms with E-state index in [-0.39, 0.29) is 0 Å². The maximum atomic E-state index is 3.84. The molecule has 2 unspecified atom stereocenters. The minimum Gasteiger partial charge on any atom is -0.310 e. The van der Waals surface area contributed by atoms with Crippen molar-refractivity contribution < 1.29 is 0 Å². The van der Waals surface area contributed by atoms with Crippen LogP contribution in [0.25, 0.3) is 0 Å². The second kappa shape index (κ2) is 4.05. The molecule has 1 N–H and O–H groups in total. The van der Waals surface area contributed by atoms with Crippen molar-refractivity contribution in [2.75, 3.05) is 5.75 Å². The van der Waals surface area contributed by atoms with Crippen molar-refractivity contribution >= 4 is 11.8 Å². The Kier molecular flexibility index (Phi) is 3.13. The quantitative estimate of drug-likeness (QED) is 0.756. The lowest BCUT2D eigenvalue weighted by Gasteiger charge is -2.46. The van der Waals surface area contributed by atoms with Gasteiger partial charge in [0.05, 0.1) is 0 Å². The van der Waals surface area contributed by atoms with Crippen LogP contribution in [0.1, 0.15) is 46.5 Å². The third-order valence-electron chi connectivity index (χ3n) is 3.65. The molecule has 14 heavy (non-hydrogen) atoms. The highest BCUT2D eigenvalue weighted by molar-refractivity contribution is 7.99. The van der Waals surface area contributed by atoms with Crippen molar-refractivity contribution in [1.82, 2.24) is 5.32 Å². The molecule has 0 aromatic rings. The fourth-order valence-corrected chi connectivity index (χ4v) is 3.99. The van der Waals surface area contributed by atoms with Gasteiger partial charge < -0.3 is 5.32 Å². The summed E-state index contributed by atoms with van der Waals surface area (Å²) in [6.45, 7) is 7.14. The van der Waals surface area contributed by atoms with Crippen LogP contribution in [-0.4, -0.2) is 23.1 Å². The molecule has 1 saturated heterocycles. The molecule has 1 saturated carbocycles. The predicted molar refractivity (Wildman–Crippen MR) is 64.9 cm³/mol. The molecule has 0 spiro atoms. The van der Waals surface area contributed by atoms with Crippen LogP contribution in [0.3, 0.4) is 0 Å². The van der Waals surface area contributed by atoms with Gasteiger partial charge in [-0.25, -0.2) is 0 Å². The molecule has 0 aromatic heterocycles. The van der Waals surface area contributed by atoms with Crippen LogP contribution >= 0.6 is 11.8 Å². The topological polar surface area (TPSA) is 12.0 Å². The summed E-state index contributed by atoms with van der Waals surface area (Å²) in [5.41, 5.74) is 0.614. The zero-order valence-corrected chi connectivity index (χ0v) is 10.5. The van der Waals surface area contributed by atoms with E-state index < -0.39 is 0 Å². The standard InChI is InChI=1S/C12H23NS/c1-9-11(5-4-6-14-9)13-10-7-12(2,3)8-10/h9-11,13H,4-8H2,1-3H3. The third kappa shape index (κ3) is 2.46. The van der Waals surface area contributed by atoms with Crippen molar-refractivity contribution in [2.24, 2.45) is 5.41 Å². The molecule has 0 radical (unpaired) electrons. The Morgan fingerprint density at radius 2 is 2.00 bits per heavy atom. The highest BCUT2D eigenvalue weighted by Crippen LogP contribution is 2.40. The Bertz CT molecular complexity index is 194. The zero-order valence-electron chi connectivity index (χ0n) is 9.68. The Labute approximate surface area is 92.4 Å². The fraction of sp³-hybridized carbons (Fsp3) is 1.00. The van der Waals surface area contributed by atoms with Gasteiger partial charge in [-0.3, -0.25) is 0 Å². The van der Waals surface area contributed by atoms with E-state index in [4.69, 9.17) is 0 Å². The first-order chi connectivity index (χ1) is 6.57. The number of hydrogen-bond donors (Lipinski definition) is 1. The summed E-state index contributed by atoms with van der Waals surface area (Å²) in [6, 6.07) is 1.60. The second-order valence-electron chi connectivity index (χ2n) is 5.76. The molecule has 1 aliphatic heterocycles. The van der Waals surface area contributed by atoms with Crippen LogP contribution in [0.4, 0.5) is 0 Å². The Balaban J connectivity index is 1.75. The summed E-state index contributed by atoms with van der Waals surface area (Å²) < 4.78 is 0. The van der Waals surface area contributed by atoms with Crippen LogP contribution in [0.2, 0.25) is 0 Å². The molecule has 2 aliphatic rings. The Morgan fingerprint density at radius 3 is 2.57 bits per heavy atom. The minimum atomic E-state index is 0.614. The molecule has 2 heteroatoms. The Morgan fingerprint density at radius 1 is 1.29 bits per heavy atom. The first kappa shape index (κ1) is 10.8. The summed E-state index contributed by atoms with van der Waals surface area (Å²) in [5.74, 6) is 1.37. The number of nitrogens with one attached hydrogen (secondary N) is 1. The van der Waals surface area contributed by atoms with Crippen molar-refractivity contribution in [3.8, 4) is 0 Å². The smallest absolute Gasteiger partial charge is 0.0186 e. The predicted octanol–water partition coefficient (Wildman–Crippen LogP) is 3.05. The lowest BCUT2D eigenvalue weighted by Crippen LogP contribution is -2.52. The molecule has 0 amide bonds. The normalized spacial score (nSPS) is 37.9. The number of hydrogen-bond acceptors (Lipinski definition) is 2. The van der Waals surface area contributed by atoms with Crippen LogP contribution in [0, 0.1) is 5.41 Å². The van der Waals surface area contributed by atoms with Crippen molar-refractivity contribution in [3.05, 3.63) is 0 Å². The zero-order chi connectivity index (χ0) is 10.2. The van der Waals surface area contributed by atoms with Gasteiger partial charge in [0, 0.05) is 17.3 Å². The van der Waals surface area contributed by atoms with Crippen molar-refractivity contribution in [2.45, 2.75) is 63.8 Å². The molecule has 0 bridgehead atoms. The average Bonchev–Trinajstić information content (AvgIpc) is 2.05. The van der Waals surface area contributed by atoms with Gasteiger partial charge in [-0.05, 0) is 36.9 Å². The summed E-state index contributed by atoms with van der Waals surface area (Å²) in [7, 11) is 0. The molecular weight excluding hydrogens is 190 g/mol. The van der Waals surface area contributed by atoms with Gasteiger partial charge in [-0.1, -0.05) is 20.8 Å². The van der Waals surface area contributed by atoms with Crippen LogP contribution in [0.5, 0.6) is 0 Å². The van der Waals surface area contributed by atoms with Gasteiger partial charge in [-0.15, -0.1) is 0 Å². The van der Waals surface area contributed by atoms with Gasteiger partial charge in [0.25, 0.3) is 0 Å². The van der Waals surface area contributed by atoms with Gasteiger partial charge in [0.15, 0.2) is 0 Å². The summed E-state index contributed by atoms with van der Waals surface area (Å²) in [6.07, 6.45) is 5.55. The summed E-state index contributed by atoms with van der Waals surface area (Å²) in [4.78, 5) is 0. The number of thioether (sulfide) groups is 1. The molecule has 2 atom stereocenters.